The molecule has 0 amide bonds. The summed E-state index contributed by atoms with van der Waals surface area (Å²) in [6, 6.07) is 25.2. The van der Waals surface area contributed by atoms with Gasteiger partial charge in [0.1, 0.15) is 11.6 Å². The third-order valence-corrected chi connectivity index (χ3v) is 6.74. The van der Waals surface area contributed by atoms with E-state index in [0.29, 0.717) is 0 Å². The van der Waals surface area contributed by atoms with Gasteiger partial charge in [0.25, 0.3) is 0 Å². The Labute approximate surface area is 198 Å². The lowest BCUT2D eigenvalue weighted by Crippen LogP contribution is -1.97. The van der Waals surface area contributed by atoms with Gasteiger partial charge in [0.05, 0.1) is 11.0 Å². The largest absolute Gasteiger partial charge is 0.279 e. The minimum absolute atomic E-state index is 0.933. The molecule has 0 atom stereocenters. The van der Waals surface area contributed by atoms with Gasteiger partial charge in [-0.1, -0.05) is 62.1 Å². The van der Waals surface area contributed by atoms with Gasteiger partial charge in [0.2, 0.25) is 0 Å². The number of hydrogen-bond acceptors (Lipinski definition) is 4. The van der Waals surface area contributed by atoms with Crippen LogP contribution in [0.15, 0.2) is 72.8 Å². The third-order valence-electron chi connectivity index (χ3n) is 6.74. The smallest absolute Gasteiger partial charge is 0.161 e. The van der Waals surface area contributed by atoms with E-state index in [1.165, 1.54) is 47.5 Å². The second-order valence-electron chi connectivity index (χ2n) is 9.03. The summed E-state index contributed by atoms with van der Waals surface area (Å²) < 4.78 is 4.42. The Bertz CT molecular complexity index is 1460. The van der Waals surface area contributed by atoms with E-state index >= 15 is 0 Å². The quantitative estimate of drug-likeness (QED) is 0.247. The molecule has 0 radical (unpaired) electrons. The first kappa shape index (κ1) is 20.8. The van der Waals surface area contributed by atoms with Crippen molar-refractivity contribution in [3.05, 3.63) is 84.4 Å². The highest BCUT2D eigenvalue weighted by atomic mass is 15.3. The number of hydrogen-bond donors (Lipinski definition) is 0. The van der Waals surface area contributed by atoms with E-state index < -0.39 is 0 Å². The van der Waals surface area contributed by atoms with E-state index in [1.54, 1.807) is 0 Å². The monoisotopic (exact) mass is 448 g/mol. The maximum absolute atomic E-state index is 4.47. The summed E-state index contributed by atoms with van der Waals surface area (Å²) in [5.41, 5.74) is 4.24. The minimum Gasteiger partial charge on any atom is -0.279 e. The van der Waals surface area contributed by atoms with Crippen LogP contribution in [0.4, 0.5) is 0 Å². The van der Waals surface area contributed by atoms with Gasteiger partial charge in [-0.05, 0) is 60.0 Å². The second-order valence-corrected chi connectivity index (χ2v) is 9.03. The first-order chi connectivity index (χ1) is 16.9. The molecule has 6 nitrogen and oxygen atoms in total. The van der Waals surface area contributed by atoms with Crippen LogP contribution in [0.25, 0.3) is 33.1 Å². The van der Waals surface area contributed by atoms with Crippen LogP contribution in [0, 0.1) is 0 Å². The van der Waals surface area contributed by atoms with Gasteiger partial charge >= 0.3 is 0 Å². The number of pyridine rings is 2. The van der Waals surface area contributed by atoms with E-state index in [9.17, 15) is 0 Å². The van der Waals surface area contributed by atoms with Crippen LogP contribution in [-0.2, 0) is 12.8 Å². The van der Waals surface area contributed by atoms with Crippen LogP contribution in [-0.4, -0.2) is 29.2 Å². The molecule has 0 aliphatic carbocycles. The molecule has 4 aromatic heterocycles. The van der Waals surface area contributed by atoms with Gasteiger partial charge in [-0.3, -0.25) is 8.80 Å². The number of rotatable bonds is 9. The predicted octanol–water partition coefficient (Wildman–Crippen LogP) is 6.20. The van der Waals surface area contributed by atoms with Crippen molar-refractivity contribution < 1.29 is 0 Å². The normalized spacial score (nSPS) is 11.9. The van der Waals surface area contributed by atoms with Crippen molar-refractivity contribution in [1.82, 2.24) is 29.2 Å². The summed E-state index contributed by atoms with van der Waals surface area (Å²) in [6.45, 7) is 0. The molecule has 2 aromatic carbocycles. The topological polar surface area (TPSA) is 60.4 Å². The molecule has 6 heteroatoms. The highest BCUT2D eigenvalue weighted by Crippen LogP contribution is 2.20. The Morgan fingerprint density at radius 1 is 0.441 bits per heavy atom. The van der Waals surface area contributed by atoms with Crippen LogP contribution in [0.1, 0.15) is 50.2 Å². The molecule has 0 fully saturated rings. The number of nitrogens with zero attached hydrogens (tertiary/aromatic N) is 6. The highest BCUT2D eigenvalue weighted by Gasteiger charge is 2.10. The lowest BCUT2D eigenvalue weighted by molar-refractivity contribution is 0.582. The average molecular weight is 449 g/mol. The number of para-hydroxylation sites is 2. The zero-order valence-electron chi connectivity index (χ0n) is 19.3. The van der Waals surface area contributed by atoms with Crippen molar-refractivity contribution in [1.29, 1.82) is 0 Å². The number of fused-ring (bicyclic) bond motifs is 6. The molecule has 0 saturated carbocycles. The molecular formula is C28H28N6. The molecule has 0 unspecified atom stereocenters. The predicted molar refractivity (Wildman–Crippen MR) is 136 cm³/mol. The van der Waals surface area contributed by atoms with Crippen molar-refractivity contribution in [2.24, 2.45) is 0 Å². The third kappa shape index (κ3) is 3.89. The van der Waals surface area contributed by atoms with Gasteiger partial charge in [-0.25, -0.2) is 0 Å². The number of aromatic nitrogens is 6. The summed E-state index contributed by atoms with van der Waals surface area (Å²) >= 11 is 0. The molecule has 0 N–H and O–H groups in total. The van der Waals surface area contributed by atoms with E-state index in [4.69, 9.17) is 0 Å². The number of unbranched alkanes of at least 4 members (excludes halogenated alkanes) is 5. The Hall–Kier alpha value is -3.80. The van der Waals surface area contributed by atoms with Crippen molar-refractivity contribution in [3.8, 4) is 0 Å². The SMILES string of the molecule is c1ccc2c(c1)ccc1nnc(CCCCCCCCc3nnc4ccc5ccccc5n34)n12. The van der Waals surface area contributed by atoms with E-state index in [2.05, 4.69) is 102 Å². The Balaban J connectivity index is 0.994. The molecule has 0 bridgehead atoms. The highest BCUT2D eigenvalue weighted by molar-refractivity contribution is 5.82. The summed E-state index contributed by atoms with van der Waals surface area (Å²) in [7, 11) is 0. The Morgan fingerprint density at radius 3 is 1.38 bits per heavy atom. The maximum atomic E-state index is 4.47. The molecule has 6 aromatic rings. The van der Waals surface area contributed by atoms with Gasteiger partial charge in [0.15, 0.2) is 11.3 Å². The summed E-state index contributed by atoms with van der Waals surface area (Å²) in [4.78, 5) is 0. The fourth-order valence-electron chi connectivity index (χ4n) is 4.99. The first-order valence-corrected chi connectivity index (χ1v) is 12.3. The molecule has 0 aliphatic heterocycles. The van der Waals surface area contributed by atoms with Crippen LogP contribution in [0.3, 0.4) is 0 Å². The summed E-state index contributed by atoms with van der Waals surface area (Å²) in [5.74, 6) is 2.13. The zero-order chi connectivity index (χ0) is 22.7. The Kier molecular flexibility index (Phi) is 5.63. The Morgan fingerprint density at radius 2 is 0.882 bits per heavy atom. The minimum atomic E-state index is 0.933. The maximum Gasteiger partial charge on any atom is 0.161 e. The van der Waals surface area contributed by atoms with Crippen LogP contribution in [0.2, 0.25) is 0 Å². The van der Waals surface area contributed by atoms with Crippen molar-refractivity contribution in [3.63, 3.8) is 0 Å². The zero-order valence-corrected chi connectivity index (χ0v) is 19.3. The van der Waals surface area contributed by atoms with Gasteiger partial charge < -0.3 is 0 Å². The molecule has 34 heavy (non-hydrogen) atoms. The lowest BCUT2D eigenvalue weighted by Gasteiger charge is -2.06. The standard InChI is InChI=1S/C28H28N6/c1(3-5-15-25-29-31-27-19-17-21-11-7-9-13-23(21)33(25)27)2-4-6-16-26-30-32-28-20-18-22-12-8-10-14-24(22)34(26)28/h7-14,17-20H,1-6,15-16H2. The van der Waals surface area contributed by atoms with Gasteiger partial charge in [-0.2, -0.15) is 0 Å². The van der Waals surface area contributed by atoms with Crippen molar-refractivity contribution in [2.45, 2.75) is 51.4 Å². The van der Waals surface area contributed by atoms with Crippen molar-refractivity contribution in [2.75, 3.05) is 0 Å². The van der Waals surface area contributed by atoms with E-state index in [0.717, 1.165) is 48.6 Å². The molecule has 170 valence electrons. The first-order valence-electron chi connectivity index (χ1n) is 12.3. The molecule has 0 aliphatic rings. The summed E-state index contributed by atoms with van der Waals surface area (Å²) in [6.07, 6.45) is 9.16. The molecule has 6 rings (SSSR count). The summed E-state index contributed by atoms with van der Waals surface area (Å²) in [5, 5.41) is 20.1. The number of aryl methyl sites for hydroxylation is 2. The van der Waals surface area contributed by atoms with E-state index in [1.807, 2.05) is 0 Å². The van der Waals surface area contributed by atoms with E-state index in [-0.39, 0.29) is 0 Å². The van der Waals surface area contributed by atoms with Crippen LogP contribution < -0.4 is 0 Å². The fourth-order valence-corrected chi connectivity index (χ4v) is 4.99. The molecule has 0 saturated heterocycles. The fraction of sp³-hybridized carbons (Fsp3) is 0.286. The lowest BCUT2D eigenvalue weighted by atomic mass is 10.1. The molecule has 4 heterocycles. The average Bonchev–Trinajstić information content (AvgIpc) is 3.50. The van der Waals surface area contributed by atoms with Crippen LogP contribution >= 0.6 is 0 Å². The number of benzene rings is 2. The molecular weight excluding hydrogens is 420 g/mol. The second kappa shape index (κ2) is 9.21. The van der Waals surface area contributed by atoms with Crippen molar-refractivity contribution >= 4 is 33.1 Å². The molecule has 0 spiro atoms. The van der Waals surface area contributed by atoms with Gasteiger partial charge in [0, 0.05) is 12.8 Å². The van der Waals surface area contributed by atoms with Crippen LogP contribution in [0.5, 0.6) is 0 Å². The van der Waals surface area contributed by atoms with Gasteiger partial charge in [-0.15, -0.1) is 20.4 Å².